The summed E-state index contributed by atoms with van der Waals surface area (Å²) in [6.07, 6.45) is -2.71. The lowest BCUT2D eigenvalue weighted by molar-refractivity contribution is -0.145. The standard InChI is InChI=1S/C22H19N3O6S/c26-19(18-17(9-10-32-18)23-20(27)21(28)29)24-25-22(30)31-11-16-14-7-3-1-5-12(14)13-6-2-4-8-15(13)16/h1-10,16,20,23,27H,11H2,(H,24,26)(H,25,30)(H,28,29). The number of thiophene rings is 1. The van der Waals surface area contributed by atoms with E-state index in [2.05, 4.69) is 16.2 Å². The van der Waals surface area contributed by atoms with Crippen molar-refractivity contribution in [3.05, 3.63) is 76.0 Å². The van der Waals surface area contributed by atoms with Gasteiger partial charge in [-0.2, -0.15) is 0 Å². The number of fused-ring (bicyclic) bond motifs is 3. The minimum atomic E-state index is -1.87. The molecule has 5 N–H and O–H groups in total. The van der Waals surface area contributed by atoms with Crippen LogP contribution in [-0.4, -0.2) is 41.0 Å². The summed E-state index contributed by atoms with van der Waals surface area (Å²) in [5, 5.41) is 22.0. The van der Waals surface area contributed by atoms with Crippen LogP contribution in [0.5, 0.6) is 0 Å². The monoisotopic (exact) mass is 453 g/mol. The minimum absolute atomic E-state index is 0.0873. The number of carboxylic acid groups (broad SMARTS) is 1. The van der Waals surface area contributed by atoms with Gasteiger partial charge in [0, 0.05) is 5.92 Å². The van der Waals surface area contributed by atoms with Crippen LogP contribution in [0.2, 0.25) is 0 Å². The van der Waals surface area contributed by atoms with E-state index in [9.17, 15) is 19.5 Å². The van der Waals surface area contributed by atoms with E-state index in [1.165, 1.54) is 6.07 Å². The number of benzene rings is 2. The predicted octanol–water partition coefficient (Wildman–Crippen LogP) is 2.75. The molecule has 1 aromatic heterocycles. The molecule has 2 aromatic carbocycles. The molecule has 1 aliphatic rings. The first-order valence-corrected chi connectivity index (χ1v) is 10.5. The molecule has 1 atom stereocenters. The van der Waals surface area contributed by atoms with Crippen molar-refractivity contribution >= 4 is 35.0 Å². The van der Waals surface area contributed by atoms with E-state index < -0.39 is 24.2 Å². The fourth-order valence-corrected chi connectivity index (χ4v) is 4.36. The first-order valence-electron chi connectivity index (χ1n) is 9.62. The molecule has 1 unspecified atom stereocenters. The smallest absolute Gasteiger partial charge is 0.426 e. The van der Waals surface area contributed by atoms with E-state index in [0.29, 0.717) is 0 Å². The number of hydrazine groups is 1. The normalized spacial score (nSPS) is 12.9. The molecule has 1 aliphatic carbocycles. The fourth-order valence-electron chi connectivity index (χ4n) is 3.61. The van der Waals surface area contributed by atoms with Crippen molar-refractivity contribution < 1.29 is 29.3 Å². The second kappa shape index (κ2) is 9.08. The van der Waals surface area contributed by atoms with Gasteiger partial charge in [-0.05, 0) is 33.7 Å². The van der Waals surface area contributed by atoms with E-state index in [-0.39, 0.29) is 23.1 Å². The Kier molecular flexibility index (Phi) is 6.06. The Bertz CT molecular complexity index is 1130. The molecule has 0 saturated carbocycles. The average Bonchev–Trinajstić information content (AvgIpc) is 3.38. The summed E-state index contributed by atoms with van der Waals surface area (Å²) in [5.41, 5.74) is 8.87. The number of anilines is 1. The van der Waals surface area contributed by atoms with Crippen molar-refractivity contribution in [2.75, 3.05) is 11.9 Å². The Labute approximate surface area is 186 Å². The molecule has 0 bridgehead atoms. The van der Waals surface area contributed by atoms with Crippen LogP contribution < -0.4 is 16.2 Å². The third kappa shape index (κ3) is 4.27. The highest BCUT2D eigenvalue weighted by atomic mass is 32.1. The third-order valence-corrected chi connectivity index (χ3v) is 5.93. The summed E-state index contributed by atoms with van der Waals surface area (Å²) in [4.78, 5) is 35.4. The van der Waals surface area contributed by atoms with Gasteiger partial charge in [-0.15, -0.1) is 11.3 Å². The van der Waals surface area contributed by atoms with Crippen molar-refractivity contribution in [3.63, 3.8) is 0 Å². The lowest BCUT2D eigenvalue weighted by Gasteiger charge is -2.15. The van der Waals surface area contributed by atoms with Crippen molar-refractivity contribution in [3.8, 4) is 11.1 Å². The molecule has 1 heterocycles. The van der Waals surface area contributed by atoms with Crippen LogP contribution in [0.3, 0.4) is 0 Å². The number of amides is 2. The van der Waals surface area contributed by atoms with Crippen LogP contribution in [0.1, 0.15) is 26.7 Å². The van der Waals surface area contributed by atoms with Crippen LogP contribution in [-0.2, 0) is 9.53 Å². The lowest BCUT2D eigenvalue weighted by Crippen LogP contribution is -2.42. The highest BCUT2D eigenvalue weighted by molar-refractivity contribution is 7.12. The molecule has 0 radical (unpaired) electrons. The maximum Gasteiger partial charge on any atom is 0.426 e. The number of carbonyl (C=O) groups is 3. The minimum Gasteiger partial charge on any atom is -0.478 e. The summed E-state index contributed by atoms with van der Waals surface area (Å²) in [5.74, 6) is -2.29. The summed E-state index contributed by atoms with van der Waals surface area (Å²) < 4.78 is 5.34. The number of aliphatic hydroxyl groups excluding tert-OH is 1. The molecule has 3 aromatic rings. The lowest BCUT2D eigenvalue weighted by atomic mass is 9.98. The molecule has 0 saturated heterocycles. The number of ether oxygens (including phenoxy) is 1. The van der Waals surface area contributed by atoms with Gasteiger partial charge < -0.3 is 20.3 Å². The Hall–Kier alpha value is -3.89. The molecule has 32 heavy (non-hydrogen) atoms. The van der Waals surface area contributed by atoms with Crippen LogP contribution in [0.15, 0.2) is 60.0 Å². The topological polar surface area (TPSA) is 137 Å². The van der Waals surface area contributed by atoms with Crippen LogP contribution >= 0.6 is 11.3 Å². The van der Waals surface area contributed by atoms with Crippen LogP contribution in [0, 0.1) is 0 Å². The number of carboxylic acids is 1. The first kappa shape index (κ1) is 21.3. The van der Waals surface area contributed by atoms with Crippen molar-refractivity contribution in [2.45, 2.75) is 12.1 Å². The molecule has 9 nitrogen and oxygen atoms in total. The zero-order valence-corrected chi connectivity index (χ0v) is 17.4. The molecule has 0 fully saturated rings. The van der Waals surface area contributed by atoms with Gasteiger partial charge in [-0.3, -0.25) is 10.2 Å². The summed E-state index contributed by atoms with van der Waals surface area (Å²) in [6, 6.07) is 17.3. The van der Waals surface area contributed by atoms with Gasteiger partial charge in [0.15, 0.2) is 0 Å². The van der Waals surface area contributed by atoms with Gasteiger partial charge in [-0.25, -0.2) is 15.0 Å². The van der Waals surface area contributed by atoms with Crippen LogP contribution in [0.4, 0.5) is 10.5 Å². The number of hydrogen-bond donors (Lipinski definition) is 5. The molecular formula is C22H19N3O6S. The van der Waals surface area contributed by atoms with E-state index in [0.717, 1.165) is 33.6 Å². The number of aliphatic hydroxyl groups is 1. The Morgan fingerprint density at radius 1 is 0.969 bits per heavy atom. The predicted molar refractivity (Wildman–Crippen MR) is 117 cm³/mol. The van der Waals surface area contributed by atoms with E-state index in [1.54, 1.807) is 5.38 Å². The largest absolute Gasteiger partial charge is 0.478 e. The molecule has 2 amide bonds. The zero-order valence-electron chi connectivity index (χ0n) is 16.6. The van der Waals surface area contributed by atoms with Gasteiger partial charge in [0.25, 0.3) is 5.91 Å². The van der Waals surface area contributed by atoms with Crippen molar-refractivity contribution in [2.24, 2.45) is 0 Å². The molecule has 0 aliphatic heterocycles. The number of hydrogen-bond acceptors (Lipinski definition) is 7. The number of nitrogens with one attached hydrogen (secondary N) is 3. The maximum absolute atomic E-state index is 12.3. The van der Waals surface area contributed by atoms with Gasteiger partial charge >= 0.3 is 12.1 Å². The van der Waals surface area contributed by atoms with Gasteiger partial charge in [-0.1, -0.05) is 48.5 Å². The van der Waals surface area contributed by atoms with Gasteiger partial charge in [0.2, 0.25) is 6.23 Å². The summed E-state index contributed by atoms with van der Waals surface area (Å²) in [6.45, 7) is 0.0896. The van der Waals surface area contributed by atoms with Crippen molar-refractivity contribution in [1.29, 1.82) is 0 Å². The number of aliphatic carboxylic acids is 1. The van der Waals surface area contributed by atoms with Gasteiger partial charge in [0.05, 0.1) is 5.69 Å². The summed E-state index contributed by atoms with van der Waals surface area (Å²) >= 11 is 1.01. The molecule has 10 heteroatoms. The SMILES string of the molecule is O=C(NNC(=O)c1sccc1NC(O)C(=O)O)OCC1c2ccccc2-c2ccccc21. The second-order valence-electron chi connectivity index (χ2n) is 6.95. The molecule has 164 valence electrons. The maximum atomic E-state index is 12.3. The second-order valence-corrected chi connectivity index (χ2v) is 7.87. The number of carbonyl (C=O) groups excluding carboxylic acids is 2. The fraction of sp³-hybridized carbons (Fsp3) is 0.136. The third-order valence-electron chi connectivity index (χ3n) is 5.02. The van der Waals surface area contributed by atoms with E-state index in [1.807, 2.05) is 48.5 Å². The molecule has 4 rings (SSSR count). The highest BCUT2D eigenvalue weighted by Crippen LogP contribution is 2.44. The quantitative estimate of drug-likeness (QED) is 0.286. The summed E-state index contributed by atoms with van der Waals surface area (Å²) in [7, 11) is 0. The number of rotatable bonds is 6. The Balaban J connectivity index is 1.35. The first-order chi connectivity index (χ1) is 15.5. The van der Waals surface area contributed by atoms with E-state index >= 15 is 0 Å². The Morgan fingerprint density at radius 2 is 1.59 bits per heavy atom. The van der Waals surface area contributed by atoms with Crippen molar-refractivity contribution in [1.82, 2.24) is 10.9 Å². The molecular weight excluding hydrogens is 434 g/mol. The van der Waals surface area contributed by atoms with Crippen LogP contribution in [0.25, 0.3) is 11.1 Å². The van der Waals surface area contributed by atoms with E-state index in [4.69, 9.17) is 9.84 Å². The Morgan fingerprint density at radius 3 is 2.22 bits per heavy atom. The zero-order chi connectivity index (χ0) is 22.7. The van der Waals surface area contributed by atoms with Gasteiger partial charge in [0.1, 0.15) is 11.5 Å². The average molecular weight is 453 g/mol. The molecule has 0 spiro atoms. The highest BCUT2D eigenvalue weighted by Gasteiger charge is 2.29.